The fourth-order valence-corrected chi connectivity index (χ4v) is 7.02. The number of ketones is 1. The SMILES string of the molecule is CCNC(=O)C1CCc2sc(CC(=O)C3CC3)c(S(=O)(=O)NCC(C)C)c2C1. The largest absolute Gasteiger partial charge is 0.356 e. The topological polar surface area (TPSA) is 92.3 Å². The van der Waals surface area contributed by atoms with Crippen LogP contribution in [-0.2, 0) is 38.9 Å². The highest BCUT2D eigenvalue weighted by atomic mass is 32.2. The molecule has 1 aromatic rings. The number of rotatable bonds is 9. The van der Waals surface area contributed by atoms with Crippen molar-refractivity contribution in [3.05, 3.63) is 15.3 Å². The van der Waals surface area contributed by atoms with Crippen LogP contribution < -0.4 is 10.0 Å². The molecule has 2 aliphatic carbocycles. The highest BCUT2D eigenvalue weighted by Gasteiger charge is 2.36. The van der Waals surface area contributed by atoms with Gasteiger partial charge in [-0.3, -0.25) is 9.59 Å². The third kappa shape index (κ3) is 4.83. The molecule has 0 aromatic carbocycles. The third-order valence-corrected chi connectivity index (χ3v) is 8.32. The van der Waals surface area contributed by atoms with E-state index in [2.05, 4.69) is 10.0 Å². The first-order chi connectivity index (χ1) is 13.2. The minimum Gasteiger partial charge on any atom is -0.356 e. The van der Waals surface area contributed by atoms with Crippen LogP contribution in [0.15, 0.2) is 4.90 Å². The van der Waals surface area contributed by atoms with E-state index in [9.17, 15) is 18.0 Å². The van der Waals surface area contributed by atoms with Crippen LogP contribution in [-0.4, -0.2) is 33.2 Å². The van der Waals surface area contributed by atoms with Gasteiger partial charge in [0.2, 0.25) is 15.9 Å². The molecule has 1 unspecified atom stereocenters. The number of hydrogen-bond donors (Lipinski definition) is 2. The minimum atomic E-state index is -3.72. The lowest BCUT2D eigenvalue weighted by Gasteiger charge is -2.22. The lowest BCUT2D eigenvalue weighted by Crippen LogP contribution is -2.34. The van der Waals surface area contributed by atoms with Gasteiger partial charge in [0.1, 0.15) is 5.78 Å². The second-order valence-corrected chi connectivity index (χ2v) is 11.1. The van der Waals surface area contributed by atoms with E-state index >= 15 is 0 Å². The molecular formula is C20H30N2O4S2. The van der Waals surface area contributed by atoms with Gasteiger partial charge in [-0.2, -0.15) is 0 Å². The van der Waals surface area contributed by atoms with Crippen LogP contribution in [0.5, 0.6) is 0 Å². The molecule has 156 valence electrons. The van der Waals surface area contributed by atoms with Crippen LogP contribution in [0.25, 0.3) is 0 Å². The van der Waals surface area contributed by atoms with Crippen molar-refractivity contribution in [1.29, 1.82) is 0 Å². The zero-order valence-electron chi connectivity index (χ0n) is 16.8. The van der Waals surface area contributed by atoms with Gasteiger partial charge in [0.05, 0.1) is 4.90 Å². The number of hydrogen-bond acceptors (Lipinski definition) is 5. The molecule has 8 heteroatoms. The van der Waals surface area contributed by atoms with E-state index in [1.807, 2.05) is 20.8 Å². The summed E-state index contributed by atoms with van der Waals surface area (Å²) in [6.07, 6.45) is 3.84. The molecule has 0 radical (unpaired) electrons. The second-order valence-electron chi connectivity index (χ2n) is 8.25. The first-order valence-electron chi connectivity index (χ1n) is 10.2. The maximum atomic E-state index is 13.1. The van der Waals surface area contributed by atoms with Crippen molar-refractivity contribution in [2.45, 2.75) is 64.2 Å². The van der Waals surface area contributed by atoms with Crippen LogP contribution in [0.2, 0.25) is 0 Å². The van der Waals surface area contributed by atoms with Gasteiger partial charge in [0.15, 0.2) is 0 Å². The molecule has 28 heavy (non-hydrogen) atoms. The third-order valence-electron chi connectivity index (χ3n) is 5.32. The summed E-state index contributed by atoms with van der Waals surface area (Å²) in [5.74, 6) is 0.186. The average molecular weight is 427 g/mol. The molecule has 1 heterocycles. The number of amides is 1. The van der Waals surface area contributed by atoms with Crippen LogP contribution in [0, 0.1) is 17.8 Å². The van der Waals surface area contributed by atoms with Gasteiger partial charge in [0, 0.05) is 41.1 Å². The molecule has 3 rings (SSSR count). The predicted molar refractivity (Wildman–Crippen MR) is 110 cm³/mol. The molecule has 6 nitrogen and oxygen atoms in total. The fourth-order valence-electron chi connectivity index (χ4n) is 3.64. The molecule has 0 aliphatic heterocycles. The molecule has 0 saturated heterocycles. The van der Waals surface area contributed by atoms with Gasteiger partial charge in [-0.05, 0) is 50.5 Å². The van der Waals surface area contributed by atoms with E-state index in [-0.39, 0.29) is 40.8 Å². The molecular weight excluding hydrogens is 396 g/mol. The Kier molecular flexibility index (Phi) is 6.61. The zero-order chi connectivity index (χ0) is 20.5. The number of carbonyl (C=O) groups is 2. The van der Waals surface area contributed by atoms with E-state index in [4.69, 9.17) is 0 Å². The first kappa shape index (κ1) is 21.5. The zero-order valence-corrected chi connectivity index (χ0v) is 18.5. The molecule has 0 bridgehead atoms. The van der Waals surface area contributed by atoms with E-state index in [1.54, 1.807) is 0 Å². The van der Waals surface area contributed by atoms with Crippen molar-refractivity contribution in [2.75, 3.05) is 13.1 Å². The van der Waals surface area contributed by atoms with Gasteiger partial charge in [-0.25, -0.2) is 13.1 Å². The summed E-state index contributed by atoms with van der Waals surface area (Å²) in [7, 11) is -3.72. The molecule has 1 aromatic heterocycles. The summed E-state index contributed by atoms with van der Waals surface area (Å²) in [6, 6.07) is 0. The Balaban J connectivity index is 1.95. The summed E-state index contributed by atoms with van der Waals surface area (Å²) in [6.45, 7) is 6.70. The van der Waals surface area contributed by atoms with Gasteiger partial charge in [0.25, 0.3) is 0 Å². The number of thiophene rings is 1. The number of fused-ring (bicyclic) bond motifs is 1. The molecule has 0 spiro atoms. The Bertz CT molecular complexity index is 854. The minimum absolute atomic E-state index is 0.0200. The lowest BCUT2D eigenvalue weighted by atomic mass is 9.87. The maximum absolute atomic E-state index is 13.1. The summed E-state index contributed by atoms with van der Waals surface area (Å²) < 4.78 is 29.0. The summed E-state index contributed by atoms with van der Waals surface area (Å²) in [4.78, 5) is 26.7. The highest BCUT2D eigenvalue weighted by Crippen LogP contribution is 2.41. The fraction of sp³-hybridized carbons (Fsp3) is 0.700. The first-order valence-corrected chi connectivity index (χ1v) is 12.5. The van der Waals surface area contributed by atoms with E-state index in [1.165, 1.54) is 11.3 Å². The predicted octanol–water partition coefficient (Wildman–Crippen LogP) is 2.45. The molecule has 2 aliphatic rings. The van der Waals surface area contributed by atoms with Crippen molar-refractivity contribution in [3.63, 3.8) is 0 Å². The Hall–Kier alpha value is -1.25. The quantitative estimate of drug-likeness (QED) is 0.634. The Morgan fingerprint density at radius 3 is 2.50 bits per heavy atom. The van der Waals surface area contributed by atoms with Crippen molar-refractivity contribution in [3.8, 4) is 0 Å². The molecule has 2 N–H and O–H groups in total. The average Bonchev–Trinajstić information content (AvgIpc) is 3.41. The number of sulfonamides is 1. The van der Waals surface area contributed by atoms with Crippen molar-refractivity contribution in [1.82, 2.24) is 10.0 Å². The normalized spacial score (nSPS) is 19.5. The second kappa shape index (κ2) is 8.63. The number of nitrogens with one attached hydrogen (secondary N) is 2. The van der Waals surface area contributed by atoms with E-state index in [0.29, 0.717) is 37.2 Å². The standard InChI is InChI=1S/C20H30N2O4S2/c1-4-21-20(24)14-7-8-17-15(9-14)19(28(25,26)22-11-12(2)3)18(27-17)10-16(23)13-5-6-13/h12-14,22H,4-11H2,1-3H3,(H,21,24). The Morgan fingerprint density at radius 1 is 1.18 bits per heavy atom. The van der Waals surface area contributed by atoms with Crippen LogP contribution in [0.4, 0.5) is 0 Å². The molecule has 1 saturated carbocycles. The van der Waals surface area contributed by atoms with Crippen molar-refractivity contribution >= 4 is 33.1 Å². The number of Topliss-reactive ketones (excluding diaryl/α,β-unsaturated/α-hetero) is 1. The van der Waals surface area contributed by atoms with Crippen LogP contribution >= 0.6 is 11.3 Å². The summed E-state index contributed by atoms with van der Waals surface area (Å²) >= 11 is 1.45. The monoisotopic (exact) mass is 426 g/mol. The number of aryl methyl sites for hydroxylation is 1. The van der Waals surface area contributed by atoms with Gasteiger partial charge >= 0.3 is 0 Å². The molecule has 1 fully saturated rings. The maximum Gasteiger partial charge on any atom is 0.241 e. The van der Waals surface area contributed by atoms with Gasteiger partial charge in [-0.15, -0.1) is 11.3 Å². The summed E-state index contributed by atoms with van der Waals surface area (Å²) in [5, 5.41) is 2.85. The summed E-state index contributed by atoms with van der Waals surface area (Å²) in [5.41, 5.74) is 0.752. The Labute approximate surface area is 171 Å². The van der Waals surface area contributed by atoms with Crippen molar-refractivity contribution < 1.29 is 18.0 Å². The molecule has 1 atom stereocenters. The van der Waals surface area contributed by atoms with Crippen LogP contribution in [0.1, 0.15) is 55.4 Å². The van der Waals surface area contributed by atoms with E-state index in [0.717, 1.165) is 23.3 Å². The van der Waals surface area contributed by atoms with Crippen molar-refractivity contribution in [2.24, 2.45) is 17.8 Å². The smallest absolute Gasteiger partial charge is 0.241 e. The lowest BCUT2D eigenvalue weighted by molar-refractivity contribution is -0.125. The van der Waals surface area contributed by atoms with Crippen LogP contribution in [0.3, 0.4) is 0 Å². The Morgan fingerprint density at radius 2 is 1.89 bits per heavy atom. The van der Waals surface area contributed by atoms with Gasteiger partial charge < -0.3 is 5.32 Å². The molecule has 1 amide bonds. The number of carbonyl (C=O) groups excluding carboxylic acids is 2. The van der Waals surface area contributed by atoms with Gasteiger partial charge in [-0.1, -0.05) is 13.8 Å². The van der Waals surface area contributed by atoms with E-state index < -0.39 is 10.0 Å². The highest BCUT2D eigenvalue weighted by molar-refractivity contribution is 7.89.